The van der Waals surface area contributed by atoms with Crippen molar-refractivity contribution in [3.63, 3.8) is 0 Å². The van der Waals surface area contributed by atoms with Crippen LogP contribution in [0.25, 0.3) is 11.1 Å². The maximum Gasteiger partial charge on any atom is 0.387 e. The number of hydrogen-bond acceptors (Lipinski definition) is 7. The highest BCUT2D eigenvalue weighted by molar-refractivity contribution is 5.84. The maximum absolute atomic E-state index is 12.6. The Morgan fingerprint density at radius 1 is 1.03 bits per heavy atom. The first-order valence-corrected chi connectivity index (χ1v) is 11.3. The molecule has 0 bridgehead atoms. The normalized spacial score (nSPS) is 18.3. The van der Waals surface area contributed by atoms with Crippen LogP contribution in [-0.2, 0) is 4.79 Å². The lowest BCUT2D eigenvalue weighted by Crippen LogP contribution is -2.43. The number of ether oxygens (including phenoxy) is 1. The summed E-state index contributed by atoms with van der Waals surface area (Å²) in [5.74, 6) is -0.619. The smallest absolute Gasteiger partial charge is 0.387 e. The quantitative estimate of drug-likeness (QED) is 0.367. The SMILES string of the molecule is O=C(N[C@@H]1CCC[C@@H]1O)[C@@H](CO)c1ccc(Nc2ncc(-c3ccc(OC(F)F)cc3)cn2)cc1. The largest absolute Gasteiger partial charge is 0.435 e. The van der Waals surface area contributed by atoms with E-state index in [0.29, 0.717) is 29.2 Å². The Bertz CT molecular complexity index is 1110. The summed E-state index contributed by atoms with van der Waals surface area (Å²) >= 11 is 0. The number of nitrogens with zero attached hydrogens (tertiary/aromatic N) is 2. The van der Waals surface area contributed by atoms with Gasteiger partial charge in [-0.3, -0.25) is 4.79 Å². The first-order chi connectivity index (χ1) is 16.9. The highest BCUT2D eigenvalue weighted by atomic mass is 19.3. The molecule has 0 aliphatic heterocycles. The van der Waals surface area contributed by atoms with E-state index in [2.05, 4.69) is 25.3 Å². The standard InChI is InChI=1S/C25H26F2N4O4/c26-24(27)35-19-10-6-15(7-11-19)17-12-28-25(29-13-17)30-18-8-4-16(5-9-18)20(14-32)23(34)31-21-2-1-3-22(21)33/h4-13,20-22,24,32-33H,1-3,14H2,(H,31,34)(H,28,29,30)/t20-,21+,22-/m0/s1. The van der Waals surface area contributed by atoms with Gasteiger partial charge in [0.25, 0.3) is 0 Å². The number of aliphatic hydroxyl groups excluding tert-OH is 2. The lowest BCUT2D eigenvalue weighted by atomic mass is 9.98. The lowest BCUT2D eigenvalue weighted by Gasteiger charge is -2.21. The summed E-state index contributed by atoms with van der Waals surface area (Å²) in [6.45, 7) is -3.22. The van der Waals surface area contributed by atoms with E-state index in [1.54, 1.807) is 48.8 Å². The Balaban J connectivity index is 1.36. The molecule has 1 aromatic heterocycles. The molecule has 8 nitrogen and oxygen atoms in total. The number of alkyl halides is 2. The predicted octanol–water partition coefficient (Wildman–Crippen LogP) is 3.59. The van der Waals surface area contributed by atoms with Gasteiger partial charge in [-0.1, -0.05) is 24.3 Å². The van der Waals surface area contributed by atoms with Crippen molar-refractivity contribution in [2.75, 3.05) is 11.9 Å². The topological polar surface area (TPSA) is 117 Å². The first kappa shape index (κ1) is 24.5. The molecule has 1 amide bonds. The minimum absolute atomic E-state index is 0.0726. The molecule has 1 heterocycles. The third-order valence-electron chi connectivity index (χ3n) is 5.94. The van der Waals surface area contributed by atoms with Crippen molar-refractivity contribution in [2.45, 2.75) is 43.9 Å². The lowest BCUT2D eigenvalue weighted by molar-refractivity contribution is -0.124. The molecular formula is C25H26F2N4O4. The van der Waals surface area contributed by atoms with Crippen molar-refractivity contribution in [3.05, 3.63) is 66.5 Å². The van der Waals surface area contributed by atoms with Crippen LogP contribution < -0.4 is 15.4 Å². The van der Waals surface area contributed by atoms with Crippen molar-refractivity contribution in [2.24, 2.45) is 0 Å². The average Bonchev–Trinajstić information content (AvgIpc) is 3.25. The fourth-order valence-corrected chi connectivity index (χ4v) is 4.03. The Morgan fingerprint density at radius 3 is 2.29 bits per heavy atom. The molecule has 184 valence electrons. The van der Waals surface area contributed by atoms with Crippen LogP contribution in [0.15, 0.2) is 60.9 Å². The third-order valence-corrected chi connectivity index (χ3v) is 5.94. The molecule has 1 aliphatic rings. The van der Waals surface area contributed by atoms with Crippen molar-refractivity contribution in [1.29, 1.82) is 0 Å². The van der Waals surface area contributed by atoms with Crippen LogP contribution in [-0.4, -0.2) is 51.5 Å². The molecule has 1 fully saturated rings. The van der Waals surface area contributed by atoms with Crippen molar-refractivity contribution < 1.29 is 28.5 Å². The highest BCUT2D eigenvalue weighted by Crippen LogP contribution is 2.25. The van der Waals surface area contributed by atoms with E-state index in [0.717, 1.165) is 18.4 Å². The molecule has 1 saturated carbocycles. The Hall–Kier alpha value is -3.63. The zero-order chi connectivity index (χ0) is 24.8. The van der Waals surface area contributed by atoms with Crippen LogP contribution in [0.1, 0.15) is 30.7 Å². The molecule has 35 heavy (non-hydrogen) atoms. The fraction of sp³-hybridized carbons (Fsp3) is 0.320. The molecule has 0 radical (unpaired) electrons. The van der Waals surface area contributed by atoms with Crippen molar-refractivity contribution >= 4 is 17.5 Å². The minimum Gasteiger partial charge on any atom is -0.435 e. The Morgan fingerprint density at radius 2 is 1.71 bits per heavy atom. The van der Waals surface area contributed by atoms with Crippen molar-refractivity contribution in [3.8, 4) is 16.9 Å². The Labute approximate surface area is 201 Å². The summed E-state index contributed by atoms with van der Waals surface area (Å²) in [5.41, 5.74) is 2.80. The molecule has 10 heteroatoms. The predicted molar refractivity (Wildman–Crippen MR) is 125 cm³/mol. The molecular weight excluding hydrogens is 458 g/mol. The summed E-state index contributed by atoms with van der Waals surface area (Å²) in [6.07, 6.45) is 4.93. The van der Waals surface area contributed by atoms with E-state index in [1.807, 2.05) is 0 Å². The van der Waals surface area contributed by atoms with Gasteiger partial charge in [0.1, 0.15) is 5.75 Å². The number of carbonyl (C=O) groups is 1. The molecule has 0 unspecified atom stereocenters. The molecule has 2 aromatic carbocycles. The molecule has 3 aromatic rings. The zero-order valence-corrected chi connectivity index (χ0v) is 18.8. The second kappa shape index (κ2) is 11.2. The number of aromatic nitrogens is 2. The fourth-order valence-electron chi connectivity index (χ4n) is 4.03. The molecule has 3 atom stereocenters. The van der Waals surface area contributed by atoms with Gasteiger partial charge in [-0.25, -0.2) is 9.97 Å². The van der Waals surface area contributed by atoms with Gasteiger partial charge in [0.15, 0.2) is 0 Å². The summed E-state index contributed by atoms with van der Waals surface area (Å²) in [6, 6.07) is 12.9. The average molecular weight is 485 g/mol. The number of hydrogen-bond donors (Lipinski definition) is 4. The monoisotopic (exact) mass is 484 g/mol. The molecule has 4 N–H and O–H groups in total. The van der Waals surface area contributed by atoms with E-state index in [1.165, 1.54) is 12.1 Å². The second-order valence-corrected chi connectivity index (χ2v) is 8.29. The number of carbonyl (C=O) groups excluding carboxylic acids is 1. The summed E-state index contributed by atoms with van der Waals surface area (Å²) in [7, 11) is 0. The van der Waals surface area contributed by atoms with Gasteiger partial charge in [-0.15, -0.1) is 0 Å². The summed E-state index contributed by atoms with van der Waals surface area (Å²) in [4.78, 5) is 21.2. The molecule has 4 rings (SSSR count). The minimum atomic E-state index is -2.87. The first-order valence-electron chi connectivity index (χ1n) is 11.3. The van der Waals surface area contributed by atoms with Gasteiger partial charge in [-0.2, -0.15) is 8.78 Å². The number of halogens is 2. The van der Waals surface area contributed by atoms with E-state index in [9.17, 15) is 23.8 Å². The van der Waals surface area contributed by atoms with Crippen molar-refractivity contribution in [1.82, 2.24) is 15.3 Å². The van der Waals surface area contributed by atoms with E-state index < -0.39 is 18.6 Å². The molecule has 0 spiro atoms. The number of anilines is 2. The molecule has 0 saturated heterocycles. The van der Waals surface area contributed by atoms with Crippen LogP contribution in [0.3, 0.4) is 0 Å². The van der Waals surface area contributed by atoms with E-state index >= 15 is 0 Å². The summed E-state index contributed by atoms with van der Waals surface area (Å²) in [5, 5.41) is 25.6. The van der Waals surface area contributed by atoms with Crippen LogP contribution >= 0.6 is 0 Å². The van der Waals surface area contributed by atoms with Crippen LogP contribution in [0.5, 0.6) is 5.75 Å². The van der Waals surface area contributed by atoms with Gasteiger partial charge in [0.2, 0.25) is 11.9 Å². The molecule has 1 aliphatic carbocycles. The van der Waals surface area contributed by atoms with Gasteiger partial charge in [0.05, 0.1) is 24.7 Å². The Kier molecular flexibility index (Phi) is 7.84. The highest BCUT2D eigenvalue weighted by Gasteiger charge is 2.29. The number of rotatable bonds is 9. The van der Waals surface area contributed by atoms with Gasteiger partial charge >= 0.3 is 6.61 Å². The number of aliphatic hydroxyl groups is 2. The second-order valence-electron chi connectivity index (χ2n) is 8.29. The summed E-state index contributed by atoms with van der Waals surface area (Å²) < 4.78 is 28.9. The van der Waals surface area contributed by atoms with Gasteiger partial charge in [-0.05, 0) is 54.7 Å². The van der Waals surface area contributed by atoms with E-state index in [4.69, 9.17) is 0 Å². The van der Waals surface area contributed by atoms with Crippen LogP contribution in [0.2, 0.25) is 0 Å². The number of benzene rings is 2. The maximum atomic E-state index is 12.6. The zero-order valence-electron chi connectivity index (χ0n) is 18.8. The van der Waals surface area contributed by atoms with Gasteiger partial charge in [0, 0.05) is 23.6 Å². The van der Waals surface area contributed by atoms with Crippen LogP contribution in [0.4, 0.5) is 20.4 Å². The van der Waals surface area contributed by atoms with Crippen LogP contribution in [0, 0.1) is 0 Å². The van der Waals surface area contributed by atoms with E-state index in [-0.39, 0.29) is 24.3 Å². The van der Waals surface area contributed by atoms with Gasteiger partial charge < -0.3 is 25.6 Å². The number of amides is 1. The third kappa shape index (κ3) is 6.28. The number of nitrogens with one attached hydrogen (secondary N) is 2.